The number of hydrogen-bond donors (Lipinski definition) is 1. The van der Waals surface area contributed by atoms with Gasteiger partial charge in [0.1, 0.15) is 16.2 Å². The van der Waals surface area contributed by atoms with Crippen molar-refractivity contribution in [2.24, 2.45) is 5.10 Å². The van der Waals surface area contributed by atoms with Crippen LogP contribution in [-0.2, 0) is 10.2 Å². The maximum atomic E-state index is 11.9. The molecule has 4 aromatic rings. The van der Waals surface area contributed by atoms with Crippen molar-refractivity contribution in [1.82, 2.24) is 4.98 Å². The normalized spacial score (nSPS) is 12.2. The molecule has 0 saturated carbocycles. The second-order valence-electron chi connectivity index (χ2n) is 8.97. The molecule has 0 radical (unpaired) electrons. The molecule has 7 heteroatoms. The van der Waals surface area contributed by atoms with Crippen LogP contribution in [0.2, 0.25) is 0 Å². The van der Waals surface area contributed by atoms with Crippen LogP contribution in [0.3, 0.4) is 0 Å². The minimum absolute atomic E-state index is 0.0793. The number of ether oxygens (including phenoxy) is 1. The number of thiazole rings is 1. The maximum absolute atomic E-state index is 11.9. The average molecular weight is 462 g/mol. The summed E-state index contributed by atoms with van der Waals surface area (Å²) in [7, 11) is 1.36. The Bertz CT molecular complexity index is 1390. The van der Waals surface area contributed by atoms with E-state index in [1.54, 1.807) is 6.92 Å². The molecule has 2 aromatic carbocycles. The lowest BCUT2D eigenvalue weighted by Gasteiger charge is -2.19. The number of esters is 1. The number of anilines is 1. The van der Waals surface area contributed by atoms with Crippen LogP contribution in [-0.4, -0.2) is 18.1 Å². The van der Waals surface area contributed by atoms with E-state index < -0.39 is 5.97 Å². The Morgan fingerprint density at radius 3 is 2.48 bits per heavy atom. The summed E-state index contributed by atoms with van der Waals surface area (Å²) in [6.07, 6.45) is 0. The van der Waals surface area contributed by atoms with Crippen LogP contribution in [0.1, 0.15) is 47.3 Å². The Balaban J connectivity index is 1.78. The number of fused-ring (bicyclic) bond motifs is 1. The molecule has 0 bridgehead atoms. The number of benzene rings is 2. The minimum atomic E-state index is -0.404. The van der Waals surface area contributed by atoms with Crippen molar-refractivity contribution in [1.29, 1.82) is 0 Å². The molecular formula is C26H27N3O3S. The first-order chi connectivity index (χ1) is 15.7. The molecule has 6 nitrogen and oxygen atoms in total. The lowest BCUT2D eigenvalue weighted by atomic mass is 9.86. The van der Waals surface area contributed by atoms with Crippen LogP contribution in [0.25, 0.3) is 22.3 Å². The van der Waals surface area contributed by atoms with Crippen molar-refractivity contribution in [3.63, 3.8) is 0 Å². The first kappa shape index (κ1) is 22.7. The molecule has 0 atom stereocenters. The number of aryl methyl sites for hydroxylation is 2. The quantitative estimate of drug-likeness (QED) is 0.290. The van der Waals surface area contributed by atoms with E-state index in [-0.39, 0.29) is 5.41 Å². The lowest BCUT2D eigenvalue weighted by Crippen LogP contribution is -2.10. The van der Waals surface area contributed by atoms with E-state index in [1.165, 1.54) is 24.0 Å². The highest BCUT2D eigenvalue weighted by Crippen LogP contribution is 2.28. The summed E-state index contributed by atoms with van der Waals surface area (Å²) in [5.41, 5.74) is 7.76. The topological polar surface area (TPSA) is 76.7 Å². The molecule has 4 rings (SSSR count). The van der Waals surface area contributed by atoms with Gasteiger partial charge in [-0.15, -0.1) is 0 Å². The van der Waals surface area contributed by atoms with Gasteiger partial charge in [0.15, 0.2) is 0 Å². The van der Waals surface area contributed by atoms with Gasteiger partial charge in [-0.1, -0.05) is 68.0 Å². The Labute approximate surface area is 197 Å². The first-order valence-corrected chi connectivity index (χ1v) is 11.5. The predicted octanol–water partition coefficient (Wildman–Crippen LogP) is 6.19. The zero-order valence-electron chi connectivity index (χ0n) is 19.6. The molecule has 0 aliphatic carbocycles. The van der Waals surface area contributed by atoms with E-state index in [0.717, 1.165) is 33.2 Å². The highest BCUT2D eigenvalue weighted by Gasteiger charge is 2.16. The summed E-state index contributed by atoms with van der Waals surface area (Å²) in [6, 6.07) is 16.3. The highest BCUT2D eigenvalue weighted by atomic mass is 32.1. The number of methoxy groups -OCH3 is 1. The Hall–Kier alpha value is -3.45. The van der Waals surface area contributed by atoms with Gasteiger partial charge in [-0.05, 0) is 37.0 Å². The summed E-state index contributed by atoms with van der Waals surface area (Å²) < 4.78 is 11.0. The van der Waals surface area contributed by atoms with E-state index in [4.69, 9.17) is 9.15 Å². The third-order valence-corrected chi connectivity index (χ3v) is 6.42. The largest absolute Gasteiger partial charge is 0.465 e. The molecule has 0 spiro atoms. The van der Waals surface area contributed by atoms with Gasteiger partial charge in [-0.25, -0.2) is 9.78 Å². The van der Waals surface area contributed by atoms with Crippen molar-refractivity contribution in [2.45, 2.75) is 40.0 Å². The number of carbonyl (C=O) groups excluding carboxylic acids is 1. The Kier molecular flexibility index (Phi) is 6.08. The molecule has 33 heavy (non-hydrogen) atoms. The summed E-state index contributed by atoms with van der Waals surface area (Å²) in [6.45, 7) is 10.4. The van der Waals surface area contributed by atoms with Gasteiger partial charge in [-0.2, -0.15) is 5.10 Å². The fraction of sp³-hybridized carbons (Fsp3) is 0.269. The van der Waals surface area contributed by atoms with E-state index in [1.807, 2.05) is 31.2 Å². The fourth-order valence-corrected chi connectivity index (χ4v) is 4.31. The molecule has 170 valence electrons. The molecule has 0 saturated heterocycles. The SMILES string of the molecule is COC(=O)c1sc(NN=c2cc(-c3ccc(C(C)(C)C)cc3)oc3ccc(C)cc23)nc1C. The van der Waals surface area contributed by atoms with Gasteiger partial charge >= 0.3 is 5.97 Å². The summed E-state index contributed by atoms with van der Waals surface area (Å²) in [5.74, 6) is 0.316. The van der Waals surface area contributed by atoms with E-state index in [2.05, 4.69) is 60.5 Å². The monoisotopic (exact) mass is 461 g/mol. The molecule has 0 amide bonds. The second-order valence-corrected chi connectivity index (χ2v) is 9.97. The molecule has 0 aliphatic rings. The molecule has 0 aliphatic heterocycles. The molecule has 0 unspecified atom stereocenters. The number of hydrogen-bond acceptors (Lipinski definition) is 7. The third-order valence-electron chi connectivity index (χ3n) is 5.37. The number of nitrogens with one attached hydrogen (secondary N) is 1. The van der Waals surface area contributed by atoms with Gasteiger partial charge in [-0.3, -0.25) is 5.43 Å². The Morgan fingerprint density at radius 2 is 1.82 bits per heavy atom. The molecule has 1 N–H and O–H groups in total. The van der Waals surface area contributed by atoms with E-state index >= 15 is 0 Å². The van der Waals surface area contributed by atoms with Crippen LogP contribution in [0, 0.1) is 13.8 Å². The van der Waals surface area contributed by atoms with E-state index in [0.29, 0.717) is 15.7 Å². The zero-order chi connectivity index (χ0) is 23.8. The van der Waals surface area contributed by atoms with Gasteiger partial charge in [0.25, 0.3) is 0 Å². The van der Waals surface area contributed by atoms with Crippen molar-refractivity contribution in [2.75, 3.05) is 12.5 Å². The number of aromatic nitrogens is 1. The number of carbonyl (C=O) groups is 1. The minimum Gasteiger partial charge on any atom is -0.465 e. The average Bonchev–Trinajstić information content (AvgIpc) is 3.16. The van der Waals surface area contributed by atoms with E-state index in [9.17, 15) is 4.79 Å². The molecule has 2 aromatic heterocycles. The standard InChI is InChI=1S/C26H27N3O3S/c1-15-7-12-21-19(13-15)20(28-29-25-27-16(2)23(33-25)24(30)31-6)14-22(32-21)17-8-10-18(11-9-17)26(3,4)5/h7-14H,1-6H3,(H,27,29). The number of nitrogens with zero attached hydrogens (tertiary/aromatic N) is 2. The lowest BCUT2D eigenvalue weighted by molar-refractivity contribution is 0.0605. The van der Waals surface area contributed by atoms with Crippen LogP contribution in [0.4, 0.5) is 5.13 Å². The van der Waals surface area contributed by atoms with Crippen molar-refractivity contribution < 1.29 is 13.9 Å². The molecule has 2 heterocycles. The second kappa shape index (κ2) is 8.83. The smallest absolute Gasteiger partial charge is 0.350 e. The fourth-order valence-electron chi connectivity index (χ4n) is 3.49. The van der Waals surface area contributed by atoms with Crippen LogP contribution < -0.4 is 10.8 Å². The van der Waals surface area contributed by atoms with Crippen molar-refractivity contribution >= 4 is 33.4 Å². The van der Waals surface area contributed by atoms with Gasteiger partial charge < -0.3 is 9.15 Å². The summed E-state index contributed by atoms with van der Waals surface area (Å²) in [4.78, 5) is 16.8. The van der Waals surface area contributed by atoms with Crippen molar-refractivity contribution in [3.05, 3.63) is 75.6 Å². The summed E-state index contributed by atoms with van der Waals surface area (Å²) >= 11 is 1.21. The molecule has 0 fully saturated rings. The predicted molar refractivity (Wildman–Crippen MR) is 132 cm³/mol. The Morgan fingerprint density at radius 1 is 1.09 bits per heavy atom. The maximum Gasteiger partial charge on any atom is 0.350 e. The number of rotatable bonds is 4. The van der Waals surface area contributed by atoms with Gasteiger partial charge in [0.05, 0.1) is 18.2 Å². The highest BCUT2D eigenvalue weighted by molar-refractivity contribution is 7.17. The van der Waals surface area contributed by atoms with Crippen LogP contribution in [0.15, 0.2) is 58.0 Å². The van der Waals surface area contributed by atoms with Crippen molar-refractivity contribution in [3.8, 4) is 11.3 Å². The zero-order valence-corrected chi connectivity index (χ0v) is 20.5. The first-order valence-electron chi connectivity index (χ1n) is 10.7. The third kappa shape index (κ3) is 4.83. The molecular weight excluding hydrogens is 434 g/mol. The van der Waals surface area contributed by atoms with Gasteiger partial charge in [0.2, 0.25) is 5.13 Å². The van der Waals surface area contributed by atoms with Crippen LogP contribution in [0.5, 0.6) is 0 Å². The summed E-state index contributed by atoms with van der Waals surface area (Å²) in [5, 5.41) is 6.75. The van der Waals surface area contributed by atoms with Crippen LogP contribution >= 0.6 is 11.3 Å². The van der Waals surface area contributed by atoms with Gasteiger partial charge in [0, 0.05) is 17.0 Å².